The Kier molecular flexibility index (Phi) is 5.47. The molecule has 1 atom stereocenters. The lowest BCUT2D eigenvalue weighted by Gasteiger charge is -2.24. The number of para-hydroxylation sites is 1. The SMILES string of the molecule is COc1ccc(CCNC(=O)c2ccc(N3c4ccccc4CC3C)cn2)cc1. The fourth-order valence-corrected chi connectivity index (χ4v) is 3.83. The molecule has 0 fully saturated rings. The van der Waals surface area contributed by atoms with Crippen LogP contribution in [0, 0.1) is 0 Å². The van der Waals surface area contributed by atoms with Gasteiger partial charge in [-0.3, -0.25) is 4.79 Å². The summed E-state index contributed by atoms with van der Waals surface area (Å²) in [5.41, 5.74) is 5.16. The van der Waals surface area contributed by atoms with E-state index in [0.717, 1.165) is 29.8 Å². The first kappa shape index (κ1) is 19.0. The van der Waals surface area contributed by atoms with E-state index in [1.54, 1.807) is 19.4 Å². The lowest BCUT2D eigenvalue weighted by atomic mass is 10.1. The van der Waals surface area contributed by atoms with Crippen LogP contribution >= 0.6 is 0 Å². The lowest BCUT2D eigenvalue weighted by molar-refractivity contribution is 0.0949. The van der Waals surface area contributed by atoms with Crippen molar-refractivity contribution in [3.05, 3.63) is 83.7 Å². The Morgan fingerprint density at radius 1 is 1.14 bits per heavy atom. The van der Waals surface area contributed by atoms with E-state index in [1.165, 1.54) is 11.3 Å². The fourth-order valence-electron chi connectivity index (χ4n) is 3.83. The van der Waals surface area contributed by atoms with Crippen LogP contribution < -0.4 is 15.0 Å². The molecule has 0 saturated heterocycles. The first-order valence-electron chi connectivity index (χ1n) is 9.90. The van der Waals surface area contributed by atoms with Gasteiger partial charge >= 0.3 is 0 Å². The van der Waals surface area contributed by atoms with Gasteiger partial charge in [-0.2, -0.15) is 0 Å². The second-order valence-corrected chi connectivity index (χ2v) is 7.31. The number of nitrogens with zero attached hydrogens (tertiary/aromatic N) is 2. The predicted octanol–water partition coefficient (Wildman–Crippen LogP) is 4.15. The number of hydrogen-bond acceptors (Lipinski definition) is 4. The molecular formula is C24H25N3O2. The Balaban J connectivity index is 1.37. The number of pyridine rings is 1. The topological polar surface area (TPSA) is 54.5 Å². The summed E-state index contributed by atoms with van der Waals surface area (Å²) in [7, 11) is 1.65. The molecule has 0 saturated carbocycles. The van der Waals surface area contributed by atoms with Gasteiger partial charge in [-0.15, -0.1) is 0 Å². The van der Waals surface area contributed by atoms with Crippen molar-refractivity contribution >= 4 is 17.3 Å². The van der Waals surface area contributed by atoms with Crippen LogP contribution in [0.5, 0.6) is 5.75 Å². The summed E-state index contributed by atoms with van der Waals surface area (Å²) in [6.07, 6.45) is 3.57. The van der Waals surface area contributed by atoms with E-state index < -0.39 is 0 Å². The molecule has 5 nitrogen and oxygen atoms in total. The average Bonchev–Trinajstić information content (AvgIpc) is 3.10. The van der Waals surface area contributed by atoms with Gasteiger partial charge in [0.2, 0.25) is 0 Å². The molecule has 0 bridgehead atoms. The number of ether oxygens (including phenoxy) is 1. The van der Waals surface area contributed by atoms with Crippen molar-refractivity contribution in [2.75, 3.05) is 18.6 Å². The lowest BCUT2D eigenvalue weighted by Crippen LogP contribution is -2.27. The number of methoxy groups -OCH3 is 1. The zero-order valence-corrected chi connectivity index (χ0v) is 16.8. The van der Waals surface area contributed by atoms with E-state index in [1.807, 2.05) is 30.3 Å². The van der Waals surface area contributed by atoms with Crippen molar-refractivity contribution in [1.29, 1.82) is 0 Å². The zero-order chi connectivity index (χ0) is 20.2. The number of aromatic nitrogens is 1. The Morgan fingerprint density at radius 3 is 2.66 bits per heavy atom. The largest absolute Gasteiger partial charge is 0.497 e. The van der Waals surface area contributed by atoms with Gasteiger partial charge in [-0.1, -0.05) is 30.3 Å². The molecule has 2 aromatic carbocycles. The second-order valence-electron chi connectivity index (χ2n) is 7.31. The van der Waals surface area contributed by atoms with Crippen molar-refractivity contribution in [2.45, 2.75) is 25.8 Å². The number of carbonyl (C=O) groups is 1. The third-order valence-electron chi connectivity index (χ3n) is 5.32. The van der Waals surface area contributed by atoms with Crippen molar-refractivity contribution in [1.82, 2.24) is 10.3 Å². The predicted molar refractivity (Wildman–Crippen MR) is 115 cm³/mol. The third-order valence-corrected chi connectivity index (χ3v) is 5.32. The van der Waals surface area contributed by atoms with E-state index >= 15 is 0 Å². The van der Waals surface area contributed by atoms with Crippen LogP contribution in [0.25, 0.3) is 0 Å². The zero-order valence-electron chi connectivity index (χ0n) is 16.8. The number of amides is 1. The maximum atomic E-state index is 12.4. The van der Waals surface area contributed by atoms with Crippen LogP contribution in [0.15, 0.2) is 66.9 Å². The summed E-state index contributed by atoms with van der Waals surface area (Å²) in [6.45, 7) is 2.77. The summed E-state index contributed by atoms with van der Waals surface area (Å²) < 4.78 is 5.16. The van der Waals surface area contributed by atoms with Gasteiger partial charge in [0.15, 0.2) is 0 Å². The molecule has 1 aliphatic heterocycles. The van der Waals surface area contributed by atoms with Crippen LogP contribution in [0.1, 0.15) is 28.5 Å². The maximum absolute atomic E-state index is 12.4. The molecule has 2 heterocycles. The molecule has 148 valence electrons. The average molecular weight is 387 g/mol. The molecule has 0 spiro atoms. The number of rotatable bonds is 6. The van der Waals surface area contributed by atoms with E-state index in [2.05, 4.69) is 46.4 Å². The summed E-state index contributed by atoms with van der Waals surface area (Å²) in [5.74, 6) is 0.678. The van der Waals surface area contributed by atoms with Crippen molar-refractivity contribution in [3.63, 3.8) is 0 Å². The van der Waals surface area contributed by atoms with Gasteiger partial charge in [0.05, 0.1) is 19.0 Å². The standard InChI is InChI=1S/C24H25N3O2/c1-17-15-19-5-3-4-6-23(19)27(17)20-9-12-22(26-16-20)24(28)25-14-13-18-7-10-21(29-2)11-8-18/h3-12,16-17H,13-15H2,1-2H3,(H,25,28). The first-order valence-corrected chi connectivity index (χ1v) is 9.90. The summed E-state index contributed by atoms with van der Waals surface area (Å²) in [5, 5.41) is 2.94. The molecule has 1 unspecified atom stereocenters. The molecule has 3 aromatic rings. The molecule has 0 radical (unpaired) electrons. The molecule has 29 heavy (non-hydrogen) atoms. The number of anilines is 2. The van der Waals surface area contributed by atoms with Gasteiger partial charge in [-0.25, -0.2) is 4.98 Å². The smallest absolute Gasteiger partial charge is 0.269 e. The molecule has 5 heteroatoms. The Bertz CT molecular complexity index is 984. The minimum atomic E-state index is -0.153. The molecule has 1 aromatic heterocycles. The number of carbonyl (C=O) groups excluding carboxylic acids is 1. The number of fused-ring (bicyclic) bond motifs is 1. The van der Waals surface area contributed by atoms with E-state index in [4.69, 9.17) is 4.74 Å². The summed E-state index contributed by atoms with van der Waals surface area (Å²) >= 11 is 0. The maximum Gasteiger partial charge on any atom is 0.269 e. The summed E-state index contributed by atoms with van der Waals surface area (Å²) in [6, 6.07) is 20.5. The Labute approximate surface area is 171 Å². The molecule has 1 aliphatic rings. The second kappa shape index (κ2) is 8.35. The van der Waals surface area contributed by atoms with Crippen molar-refractivity contribution < 1.29 is 9.53 Å². The number of nitrogens with one attached hydrogen (secondary N) is 1. The first-order chi connectivity index (χ1) is 14.2. The number of hydrogen-bond donors (Lipinski definition) is 1. The van der Waals surface area contributed by atoms with Gasteiger partial charge in [0.1, 0.15) is 11.4 Å². The highest BCUT2D eigenvalue weighted by molar-refractivity contribution is 5.92. The normalized spacial score (nSPS) is 15.1. The highest BCUT2D eigenvalue weighted by Gasteiger charge is 2.27. The van der Waals surface area contributed by atoms with Gasteiger partial charge in [0, 0.05) is 18.3 Å². The van der Waals surface area contributed by atoms with E-state index in [-0.39, 0.29) is 5.91 Å². The quantitative estimate of drug-likeness (QED) is 0.691. The van der Waals surface area contributed by atoms with Gasteiger partial charge in [-0.05, 0) is 61.2 Å². The third kappa shape index (κ3) is 4.09. The van der Waals surface area contributed by atoms with E-state index in [0.29, 0.717) is 18.3 Å². The highest BCUT2D eigenvalue weighted by Crippen LogP contribution is 2.37. The summed E-state index contributed by atoms with van der Waals surface area (Å²) in [4.78, 5) is 19.1. The molecular weight excluding hydrogens is 362 g/mol. The van der Waals surface area contributed by atoms with Crippen LogP contribution in [-0.4, -0.2) is 30.6 Å². The van der Waals surface area contributed by atoms with Crippen molar-refractivity contribution in [3.8, 4) is 5.75 Å². The Hall–Kier alpha value is -3.34. The highest BCUT2D eigenvalue weighted by atomic mass is 16.5. The minimum absolute atomic E-state index is 0.153. The van der Waals surface area contributed by atoms with Crippen LogP contribution in [-0.2, 0) is 12.8 Å². The monoisotopic (exact) mass is 387 g/mol. The Morgan fingerprint density at radius 2 is 1.93 bits per heavy atom. The minimum Gasteiger partial charge on any atom is -0.497 e. The molecule has 0 aliphatic carbocycles. The van der Waals surface area contributed by atoms with E-state index in [9.17, 15) is 4.79 Å². The van der Waals surface area contributed by atoms with Crippen LogP contribution in [0.4, 0.5) is 11.4 Å². The number of benzene rings is 2. The van der Waals surface area contributed by atoms with Crippen molar-refractivity contribution in [2.24, 2.45) is 0 Å². The molecule has 1 amide bonds. The van der Waals surface area contributed by atoms with Crippen LogP contribution in [0.3, 0.4) is 0 Å². The van der Waals surface area contributed by atoms with Crippen LogP contribution in [0.2, 0.25) is 0 Å². The molecule has 1 N–H and O–H groups in total. The van der Waals surface area contributed by atoms with Gasteiger partial charge in [0.25, 0.3) is 5.91 Å². The molecule has 4 rings (SSSR count). The van der Waals surface area contributed by atoms with Gasteiger partial charge < -0.3 is 15.0 Å². The fraction of sp³-hybridized carbons (Fsp3) is 0.250.